The molecule has 0 spiro atoms. The number of H-pyrrole nitrogens is 1. The number of halogens is 1. The average molecular weight is 269 g/mol. The number of nitrogens with zero attached hydrogens (tertiary/aromatic N) is 1. The standard InChI is InChI=1S/C11H12FN3O2S/c1-8-2-3-10(12)11(4-8)18(16,17)15-6-9-5-13-7-14-9/h2-5,7,15H,6H2,1H3,(H,13,14). The maximum atomic E-state index is 13.5. The largest absolute Gasteiger partial charge is 0.347 e. The zero-order valence-corrected chi connectivity index (χ0v) is 10.5. The zero-order chi connectivity index (χ0) is 13.2. The second-order valence-electron chi connectivity index (χ2n) is 3.84. The molecule has 0 saturated carbocycles. The summed E-state index contributed by atoms with van der Waals surface area (Å²) in [6, 6.07) is 3.95. The van der Waals surface area contributed by atoms with E-state index in [2.05, 4.69) is 14.7 Å². The van der Waals surface area contributed by atoms with E-state index in [1.165, 1.54) is 24.7 Å². The van der Waals surface area contributed by atoms with Crippen LogP contribution in [-0.4, -0.2) is 18.4 Å². The van der Waals surface area contributed by atoms with Gasteiger partial charge in [-0.1, -0.05) is 6.07 Å². The number of sulfonamides is 1. The molecule has 7 heteroatoms. The molecule has 2 rings (SSSR count). The Morgan fingerprint density at radius 3 is 2.89 bits per heavy atom. The van der Waals surface area contributed by atoms with Gasteiger partial charge < -0.3 is 4.98 Å². The fourth-order valence-electron chi connectivity index (χ4n) is 1.45. The van der Waals surface area contributed by atoms with E-state index >= 15 is 0 Å². The Kier molecular flexibility index (Phi) is 3.44. The molecule has 2 aromatic rings. The number of nitrogens with one attached hydrogen (secondary N) is 2. The second kappa shape index (κ2) is 4.87. The van der Waals surface area contributed by atoms with E-state index < -0.39 is 15.8 Å². The lowest BCUT2D eigenvalue weighted by molar-refractivity contribution is 0.556. The fraction of sp³-hybridized carbons (Fsp3) is 0.182. The van der Waals surface area contributed by atoms with Crippen molar-refractivity contribution in [1.82, 2.24) is 14.7 Å². The third-order valence-electron chi connectivity index (χ3n) is 2.38. The van der Waals surface area contributed by atoms with Gasteiger partial charge in [-0.25, -0.2) is 22.5 Å². The van der Waals surface area contributed by atoms with Crippen LogP contribution < -0.4 is 4.72 Å². The number of aromatic amines is 1. The third-order valence-corrected chi connectivity index (χ3v) is 3.80. The molecule has 0 fully saturated rings. The van der Waals surface area contributed by atoms with Crippen LogP contribution in [0.15, 0.2) is 35.6 Å². The Morgan fingerprint density at radius 2 is 2.22 bits per heavy atom. The monoisotopic (exact) mass is 269 g/mol. The zero-order valence-electron chi connectivity index (χ0n) is 9.64. The number of hydrogen-bond acceptors (Lipinski definition) is 3. The van der Waals surface area contributed by atoms with Gasteiger partial charge in [0, 0.05) is 11.9 Å². The quantitative estimate of drug-likeness (QED) is 0.879. The Bertz CT molecular complexity index is 638. The van der Waals surface area contributed by atoms with E-state index in [0.717, 1.165) is 6.07 Å². The molecule has 0 atom stereocenters. The van der Waals surface area contributed by atoms with Gasteiger partial charge in [0.25, 0.3) is 0 Å². The van der Waals surface area contributed by atoms with Gasteiger partial charge in [0.05, 0.1) is 12.9 Å². The van der Waals surface area contributed by atoms with Gasteiger partial charge in [0.1, 0.15) is 10.7 Å². The van der Waals surface area contributed by atoms with E-state index in [1.807, 2.05) is 0 Å². The molecule has 96 valence electrons. The van der Waals surface area contributed by atoms with E-state index in [0.29, 0.717) is 11.3 Å². The molecule has 1 heterocycles. The molecule has 5 nitrogen and oxygen atoms in total. The van der Waals surface area contributed by atoms with Gasteiger partial charge >= 0.3 is 0 Å². The van der Waals surface area contributed by atoms with Crippen molar-refractivity contribution in [3.05, 3.63) is 47.8 Å². The predicted molar refractivity (Wildman–Crippen MR) is 63.8 cm³/mol. The molecular formula is C11H12FN3O2S. The first-order chi connectivity index (χ1) is 8.49. The van der Waals surface area contributed by atoms with Crippen LogP contribution in [-0.2, 0) is 16.6 Å². The van der Waals surface area contributed by atoms with Crippen LogP contribution in [0, 0.1) is 12.7 Å². The van der Waals surface area contributed by atoms with Crippen LogP contribution in [0.5, 0.6) is 0 Å². The lowest BCUT2D eigenvalue weighted by Crippen LogP contribution is -2.24. The summed E-state index contributed by atoms with van der Waals surface area (Å²) in [5.74, 6) is -0.766. The summed E-state index contributed by atoms with van der Waals surface area (Å²) in [5.41, 5.74) is 1.28. The Morgan fingerprint density at radius 1 is 1.44 bits per heavy atom. The molecule has 0 aliphatic rings. The molecule has 1 aromatic carbocycles. The van der Waals surface area contributed by atoms with Crippen LogP contribution >= 0.6 is 0 Å². The first-order valence-corrected chi connectivity index (χ1v) is 6.70. The molecule has 0 bridgehead atoms. The summed E-state index contributed by atoms with van der Waals surface area (Å²) in [6.45, 7) is 1.74. The second-order valence-corrected chi connectivity index (χ2v) is 5.57. The highest BCUT2D eigenvalue weighted by Crippen LogP contribution is 2.16. The number of benzene rings is 1. The molecule has 0 unspecified atom stereocenters. The first kappa shape index (κ1) is 12.7. The van der Waals surface area contributed by atoms with Gasteiger partial charge in [-0.05, 0) is 24.6 Å². The summed E-state index contributed by atoms with van der Waals surface area (Å²) in [6.07, 6.45) is 2.94. The Balaban J connectivity index is 2.22. The predicted octanol–water partition coefficient (Wildman–Crippen LogP) is 1.34. The SMILES string of the molecule is Cc1ccc(F)c(S(=O)(=O)NCc2cnc[nH]2)c1. The number of aryl methyl sites for hydroxylation is 1. The number of rotatable bonds is 4. The minimum atomic E-state index is -3.86. The molecular weight excluding hydrogens is 257 g/mol. The molecule has 0 aliphatic carbocycles. The van der Waals surface area contributed by atoms with E-state index in [4.69, 9.17) is 0 Å². The van der Waals surface area contributed by atoms with Crippen LogP contribution in [0.3, 0.4) is 0 Å². The van der Waals surface area contributed by atoms with Gasteiger partial charge in [0.15, 0.2) is 0 Å². The molecule has 0 saturated heterocycles. The normalized spacial score (nSPS) is 11.7. The number of imidazole rings is 1. The number of aromatic nitrogens is 2. The van der Waals surface area contributed by atoms with Crippen LogP contribution in [0.2, 0.25) is 0 Å². The molecule has 0 aliphatic heterocycles. The lowest BCUT2D eigenvalue weighted by atomic mass is 10.2. The highest BCUT2D eigenvalue weighted by atomic mass is 32.2. The molecule has 2 N–H and O–H groups in total. The summed E-state index contributed by atoms with van der Waals surface area (Å²) >= 11 is 0. The highest BCUT2D eigenvalue weighted by Gasteiger charge is 2.18. The smallest absolute Gasteiger partial charge is 0.243 e. The van der Waals surface area contributed by atoms with Crippen LogP contribution in [0.25, 0.3) is 0 Å². The summed E-state index contributed by atoms with van der Waals surface area (Å²) < 4.78 is 39.6. The van der Waals surface area contributed by atoms with Gasteiger partial charge in [-0.15, -0.1) is 0 Å². The van der Waals surface area contributed by atoms with Crippen molar-refractivity contribution in [1.29, 1.82) is 0 Å². The van der Waals surface area contributed by atoms with Crippen molar-refractivity contribution in [2.45, 2.75) is 18.4 Å². The fourth-order valence-corrected chi connectivity index (χ4v) is 2.62. The maximum absolute atomic E-state index is 13.5. The average Bonchev–Trinajstić information content (AvgIpc) is 2.83. The van der Waals surface area contributed by atoms with Gasteiger partial charge in [0.2, 0.25) is 10.0 Å². The van der Waals surface area contributed by atoms with Gasteiger partial charge in [-0.2, -0.15) is 0 Å². The summed E-state index contributed by atoms with van der Waals surface area (Å²) in [4.78, 5) is 6.17. The molecule has 1 aromatic heterocycles. The maximum Gasteiger partial charge on any atom is 0.243 e. The van der Waals surface area contributed by atoms with Crippen molar-refractivity contribution in [2.24, 2.45) is 0 Å². The van der Waals surface area contributed by atoms with Crippen LogP contribution in [0.1, 0.15) is 11.3 Å². The molecule has 0 radical (unpaired) electrons. The van der Waals surface area contributed by atoms with Crippen molar-refractivity contribution in [3.63, 3.8) is 0 Å². The minimum Gasteiger partial charge on any atom is -0.347 e. The van der Waals surface area contributed by atoms with Crippen LogP contribution in [0.4, 0.5) is 4.39 Å². The van der Waals surface area contributed by atoms with Crippen molar-refractivity contribution >= 4 is 10.0 Å². The van der Waals surface area contributed by atoms with E-state index in [-0.39, 0.29) is 11.4 Å². The Labute approximate surface area is 104 Å². The van der Waals surface area contributed by atoms with E-state index in [1.54, 1.807) is 6.92 Å². The summed E-state index contributed by atoms with van der Waals surface area (Å²) in [5, 5.41) is 0. The highest BCUT2D eigenvalue weighted by molar-refractivity contribution is 7.89. The van der Waals surface area contributed by atoms with Crippen molar-refractivity contribution < 1.29 is 12.8 Å². The molecule has 0 amide bonds. The van der Waals surface area contributed by atoms with E-state index in [9.17, 15) is 12.8 Å². The third kappa shape index (κ3) is 2.74. The topological polar surface area (TPSA) is 74.8 Å². The lowest BCUT2D eigenvalue weighted by Gasteiger charge is -2.07. The minimum absolute atomic E-state index is 0.0374. The summed E-state index contributed by atoms with van der Waals surface area (Å²) in [7, 11) is -3.86. The Hall–Kier alpha value is -1.73. The van der Waals surface area contributed by atoms with Crippen molar-refractivity contribution in [3.8, 4) is 0 Å². The molecule has 18 heavy (non-hydrogen) atoms. The number of hydrogen-bond donors (Lipinski definition) is 2. The first-order valence-electron chi connectivity index (χ1n) is 5.22. The van der Waals surface area contributed by atoms with Gasteiger partial charge in [-0.3, -0.25) is 0 Å². The van der Waals surface area contributed by atoms with Crippen molar-refractivity contribution in [2.75, 3.05) is 0 Å².